The van der Waals surface area contributed by atoms with Gasteiger partial charge in [-0.15, -0.1) is 0 Å². The third kappa shape index (κ3) is 2.98. The first-order chi connectivity index (χ1) is 8.20. The molecule has 4 nitrogen and oxygen atoms in total. The van der Waals surface area contributed by atoms with Crippen molar-refractivity contribution in [2.24, 2.45) is 7.05 Å². The Hall–Kier alpha value is -1.07. The first kappa shape index (κ1) is 12.4. The molecule has 1 unspecified atom stereocenters. The Balaban J connectivity index is 1.99. The Morgan fingerprint density at radius 3 is 2.94 bits per heavy atom. The number of hydrogen-bond acceptors (Lipinski definition) is 3. The molecule has 0 saturated heterocycles. The molecule has 0 aromatic carbocycles. The highest BCUT2D eigenvalue weighted by atomic mass is 79.9. The smallest absolute Gasteiger partial charge is 0.173 e. The molecule has 5 heteroatoms. The lowest BCUT2D eigenvalue weighted by Gasteiger charge is -2.14. The van der Waals surface area contributed by atoms with E-state index in [4.69, 9.17) is 4.42 Å². The molecule has 2 heterocycles. The van der Waals surface area contributed by atoms with Gasteiger partial charge in [0.05, 0.1) is 12.5 Å². The van der Waals surface area contributed by atoms with Crippen molar-refractivity contribution in [1.29, 1.82) is 0 Å². The third-order valence-corrected chi connectivity index (χ3v) is 3.49. The van der Waals surface area contributed by atoms with Crippen molar-refractivity contribution >= 4 is 15.9 Å². The molecule has 2 aromatic heterocycles. The quantitative estimate of drug-likeness (QED) is 0.923. The third-order valence-electron chi connectivity index (χ3n) is 2.85. The lowest BCUT2D eigenvalue weighted by Crippen LogP contribution is -2.16. The summed E-state index contributed by atoms with van der Waals surface area (Å²) in [5, 5.41) is 7.47. The Labute approximate surface area is 109 Å². The lowest BCUT2D eigenvalue weighted by molar-refractivity contribution is 0.505. The van der Waals surface area contributed by atoms with Crippen LogP contribution in [0.1, 0.15) is 23.6 Å². The molecular formula is C12H16BrN3O. The van der Waals surface area contributed by atoms with Crippen LogP contribution >= 0.6 is 15.9 Å². The fourth-order valence-electron chi connectivity index (χ4n) is 1.92. The minimum Gasteiger partial charge on any atom is -0.457 e. The molecule has 0 aliphatic carbocycles. The average molecular weight is 298 g/mol. The van der Waals surface area contributed by atoms with Gasteiger partial charge < -0.3 is 9.73 Å². The van der Waals surface area contributed by atoms with Gasteiger partial charge in [0.15, 0.2) is 4.67 Å². The van der Waals surface area contributed by atoms with Crippen molar-refractivity contribution in [3.63, 3.8) is 0 Å². The molecular weight excluding hydrogens is 282 g/mol. The van der Waals surface area contributed by atoms with Gasteiger partial charge in [0.1, 0.15) is 0 Å². The van der Waals surface area contributed by atoms with Crippen LogP contribution in [0.15, 0.2) is 33.8 Å². The van der Waals surface area contributed by atoms with Crippen molar-refractivity contribution < 1.29 is 4.42 Å². The van der Waals surface area contributed by atoms with Gasteiger partial charge in [-0.1, -0.05) is 0 Å². The molecule has 0 radical (unpaired) electrons. The van der Waals surface area contributed by atoms with E-state index in [0.29, 0.717) is 6.04 Å². The molecule has 2 rings (SSSR count). The molecule has 92 valence electrons. The van der Waals surface area contributed by atoms with Gasteiger partial charge in [-0.25, -0.2) is 0 Å². The molecule has 0 bridgehead atoms. The van der Waals surface area contributed by atoms with Crippen molar-refractivity contribution in [3.05, 3.63) is 40.5 Å². The van der Waals surface area contributed by atoms with E-state index in [-0.39, 0.29) is 0 Å². The average Bonchev–Trinajstić information content (AvgIpc) is 2.90. The number of halogens is 1. The Morgan fingerprint density at radius 1 is 1.59 bits per heavy atom. The Bertz CT molecular complexity index is 478. The number of hydrogen-bond donors (Lipinski definition) is 1. The summed E-state index contributed by atoms with van der Waals surface area (Å²) in [5.74, 6) is 0. The largest absolute Gasteiger partial charge is 0.457 e. The summed E-state index contributed by atoms with van der Waals surface area (Å²) in [5.41, 5.74) is 2.42. The zero-order valence-electron chi connectivity index (χ0n) is 9.98. The topological polar surface area (TPSA) is 43.0 Å². The second kappa shape index (κ2) is 5.51. The van der Waals surface area contributed by atoms with E-state index in [1.54, 1.807) is 6.26 Å². The van der Waals surface area contributed by atoms with Gasteiger partial charge in [0.2, 0.25) is 0 Å². The first-order valence-corrected chi connectivity index (χ1v) is 6.37. The second-order valence-corrected chi connectivity index (χ2v) is 4.77. The van der Waals surface area contributed by atoms with Gasteiger partial charge in [-0.05, 0) is 47.4 Å². The monoisotopic (exact) mass is 297 g/mol. The maximum atomic E-state index is 5.26. The van der Waals surface area contributed by atoms with E-state index in [9.17, 15) is 0 Å². The van der Waals surface area contributed by atoms with E-state index in [0.717, 1.165) is 23.1 Å². The van der Waals surface area contributed by atoms with Crippen LogP contribution < -0.4 is 5.32 Å². The molecule has 0 aliphatic rings. The highest BCUT2D eigenvalue weighted by Gasteiger charge is 2.14. The summed E-state index contributed by atoms with van der Waals surface area (Å²) in [6.07, 6.45) is 7.68. The predicted molar refractivity (Wildman–Crippen MR) is 69.7 cm³/mol. The van der Waals surface area contributed by atoms with Crippen LogP contribution in [0.25, 0.3) is 0 Å². The fourth-order valence-corrected chi connectivity index (χ4v) is 2.44. The van der Waals surface area contributed by atoms with E-state index in [2.05, 4.69) is 32.5 Å². The molecule has 0 fully saturated rings. The summed E-state index contributed by atoms with van der Waals surface area (Å²) in [6, 6.07) is 2.29. The number of rotatable bonds is 5. The van der Waals surface area contributed by atoms with Crippen LogP contribution in [0.3, 0.4) is 0 Å². The van der Waals surface area contributed by atoms with E-state index < -0.39 is 0 Å². The van der Waals surface area contributed by atoms with Crippen molar-refractivity contribution in [1.82, 2.24) is 15.1 Å². The zero-order chi connectivity index (χ0) is 12.3. The fraction of sp³-hybridized carbons (Fsp3) is 0.417. The zero-order valence-corrected chi connectivity index (χ0v) is 11.6. The van der Waals surface area contributed by atoms with Gasteiger partial charge in [0.25, 0.3) is 0 Å². The van der Waals surface area contributed by atoms with Crippen LogP contribution in [0, 0.1) is 0 Å². The Kier molecular flexibility index (Phi) is 4.02. The Morgan fingerprint density at radius 2 is 2.41 bits per heavy atom. The SMILES string of the molecule is CNC(CCc1cnn(C)c1)c1ccoc1Br. The van der Waals surface area contributed by atoms with Gasteiger partial charge in [-0.2, -0.15) is 5.10 Å². The maximum Gasteiger partial charge on any atom is 0.173 e. The van der Waals surface area contributed by atoms with Crippen LogP contribution in [-0.2, 0) is 13.5 Å². The summed E-state index contributed by atoms with van der Waals surface area (Å²) < 4.78 is 7.90. The summed E-state index contributed by atoms with van der Waals surface area (Å²) in [4.78, 5) is 0. The van der Waals surface area contributed by atoms with Crippen molar-refractivity contribution in [2.45, 2.75) is 18.9 Å². The van der Waals surface area contributed by atoms with Crippen molar-refractivity contribution in [2.75, 3.05) is 7.05 Å². The number of nitrogens with one attached hydrogen (secondary N) is 1. The highest BCUT2D eigenvalue weighted by molar-refractivity contribution is 9.10. The second-order valence-electron chi connectivity index (χ2n) is 4.05. The predicted octanol–water partition coefficient (Wildman–Crippen LogP) is 2.67. The summed E-state index contributed by atoms with van der Waals surface area (Å²) in [7, 11) is 3.90. The molecule has 0 amide bonds. The number of aryl methyl sites for hydroxylation is 2. The first-order valence-electron chi connectivity index (χ1n) is 5.58. The van der Waals surface area contributed by atoms with Gasteiger partial charge in [0, 0.05) is 24.8 Å². The molecule has 17 heavy (non-hydrogen) atoms. The van der Waals surface area contributed by atoms with Crippen molar-refractivity contribution in [3.8, 4) is 0 Å². The summed E-state index contributed by atoms with van der Waals surface area (Å²) in [6.45, 7) is 0. The van der Waals surface area contributed by atoms with Crippen LogP contribution in [0.5, 0.6) is 0 Å². The molecule has 0 aliphatic heterocycles. The summed E-state index contributed by atoms with van der Waals surface area (Å²) >= 11 is 3.41. The lowest BCUT2D eigenvalue weighted by atomic mass is 10.0. The van der Waals surface area contributed by atoms with E-state index in [1.807, 2.05) is 31.0 Å². The van der Waals surface area contributed by atoms with Gasteiger partial charge >= 0.3 is 0 Å². The maximum absolute atomic E-state index is 5.26. The molecule has 1 N–H and O–H groups in total. The molecule has 2 aromatic rings. The highest BCUT2D eigenvalue weighted by Crippen LogP contribution is 2.27. The van der Waals surface area contributed by atoms with Crippen LogP contribution in [0.4, 0.5) is 0 Å². The number of aromatic nitrogens is 2. The molecule has 0 saturated carbocycles. The minimum absolute atomic E-state index is 0.295. The van der Waals surface area contributed by atoms with Crippen LogP contribution in [-0.4, -0.2) is 16.8 Å². The standard InChI is InChI=1S/C12H16BrN3O/c1-14-11(10-5-6-17-12(10)13)4-3-9-7-15-16(2)8-9/h5-8,11,14H,3-4H2,1-2H3. The minimum atomic E-state index is 0.295. The van der Waals surface area contributed by atoms with Crippen LogP contribution in [0.2, 0.25) is 0 Å². The number of furan rings is 1. The molecule has 0 spiro atoms. The molecule has 1 atom stereocenters. The van der Waals surface area contributed by atoms with E-state index >= 15 is 0 Å². The van der Waals surface area contributed by atoms with E-state index in [1.165, 1.54) is 5.56 Å². The van der Waals surface area contributed by atoms with Gasteiger partial charge in [-0.3, -0.25) is 4.68 Å². The number of nitrogens with zero attached hydrogens (tertiary/aromatic N) is 2. The normalized spacial score (nSPS) is 12.9.